The van der Waals surface area contributed by atoms with Gasteiger partial charge in [-0.15, -0.1) is 0 Å². The lowest BCUT2D eigenvalue weighted by molar-refractivity contribution is 0.669. The van der Waals surface area contributed by atoms with Gasteiger partial charge in [-0.05, 0) is 112 Å². The van der Waals surface area contributed by atoms with Crippen LogP contribution in [0.3, 0.4) is 0 Å². The first-order valence-corrected chi connectivity index (χ1v) is 18.3. The van der Waals surface area contributed by atoms with Gasteiger partial charge >= 0.3 is 0 Å². The Kier molecular flexibility index (Phi) is 6.62. The van der Waals surface area contributed by atoms with Gasteiger partial charge in [0, 0.05) is 10.8 Å². The number of furan rings is 1. The van der Waals surface area contributed by atoms with Crippen LogP contribution in [0.2, 0.25) is 0 Å². The standard InChI is InChI=1S/C52H32O/c1-2-15-35-31-36(28-27-33(35)13-1)39-23-12-25-42(40-24-11-16-34-14-3-4-17-38(34)40)51(39)52-45-21-7-5-19-43(45)50(44-20-6-8-22-46(44)52)37-29-30-49-47(32-37)41-18-9-10-26-48(41)53-49/h1-32H. The zero-order valence-corrected chi connectivity index (χ0v) is 28.9. The Labute approximate surface area is 307 Å². The average Bonchev–Trinajstić information content (AvgIpc) is 3.60. The Morgan fingerprint density at radius 2 is 0.774 bits per heavy atom. The molecule has 0 spiro atoms. The summed E-state index contributed by atoms with van der Waals surface area (Å²) in [5.41, 5.74) is 11.6. The molecule has 53 heavy (non-hydrogen) atoms. The van der Waals surface area contributed by atoms with Crippen LogP contribution in [0.15, 0.2) is 199 Å². The number of hydrogen-bond acceptors (Lipinski definition) is 1. The van der Waals surface area contributed by atoms with Crippen LogP contribution in [0.25, 0.3) is 110 Å². The fourth-order valence-corrected chi connectivity index (χ4v) is 8.69. The van der Waals surface area contributed by atoms with E-state index in [2.05, 4.69) is 188 Å². The maximum atomic E-state index is 6.26. The van der Waals surface area contributed by atoms with Gasteiger partial charge in [0.15, 0.2) is 0 Å². The van der Waals surface area contributed by atoms with E-state index in [0.717, 1.165) is 21.9 Å². The third kappa shape index (κ3) is 4.64. The van der Waals surface area contributed by atoms with Crippen LogP contribution in [0, 0.1) is 0 Å². The highest BCUT2D eigenvalue weighted by molar-refractivity contribution is 6.25. The summed E-state index contributed by atoms with van der Waals surface area (Å²) in [6, 6.07) is 70.8. The van der Waals surface area contributed by atoms with Gasteiger partial charge in [0.2, 0.25) is 0 Å². The molecule has 0 fully saturated rings. The topological polar surface area (TPSA) is 13.1 Å². The lowest BCUT2D eigenvalue weighted by atomic mass is 9.80. The largest absolute Gasteiger partial charge is 0.456 e. The van der Waals surface area contributed by atoms with Gasteiger partial charge in [0.25, 0.3) is 0 Å². The second kappa shape index (κ2) is 11.8. The maximum absolute atomic E-state index is 6.26. The highest BCUT2D eigenvalue weighted by Gasteiger charge is 2.23. The van der Waals surface area contributed by atoms with Crippen molar-refractivity contribution >= 4 is 65.0 Å². The van der Waals surface area contributed by atoms with Gasteiger partial charge in [-0.2, -0.15) is 0 Å². The summed E-state index contributed by atoms with van der Waals surface area (Å²) in [5, 5.41) is 12.1. The average molecular weight is 673 g/mol. The molecule has 10 aromatic carbocycles. The Morgan fingerprint density at radius 1 is 0.245 bits per heavy atom. The van der Waals surface area contributed by atoms with Crippen molar-refractivity contribution in [2.75, 3.05) is 0 Å². The van der Waals surface area contributed by atoms with E-state index in [1.807, 2.05) is 6.07 Å². The lowest BCUT2D eigenvalue weighted by Crippen LogP contribution is -1.96. The maximum Gasteiger partial charge on any atom is 0.135 e. The minimum absolute atomic E-state index is 0.907. The van der Waals surface area contributed by atoms with Gasteiger partial charge in [-0.1, -0.05) is 170 Å². The minimum atomic E-state index is 0.907. The molecule has 1 nitrogen and oxygen atoms in total. The molecule has 0 aliphatic rings. The molecule has 11 rings (SSSR count). The number of fused-ring (bicyclic) bond motifs is 7. The van der Waals surface area contributed by atoms with Crippen molar-refractivity contribution in [2.45, 2.75) is 0 Å². The van der Waals surface area contributed by atoms with E-state index in [-0.39, 0.29) is 0 Å². The minimum Gasteiger partial charge on any atom is -0.456 e. The van der Waals surface area contributed by atoms with Crippen LogP contribution in [-0.4, -0.2) is 0 Å². The molecule has 0 radical (unpaired) electrons. The Morgan fingerprint density at radius 3 is 1.55 bits per heavy atom. The van der Waals surface area contributed by atoms with Gasteiger partial charge in [-0.25, -0.2) is 0 Å². The third-order valence-electron chi connectivity index (χ3n) is 11.1. The molecule has 0 bridgehead atoms. The van der Waals surface area contributed by atoms with E-state index in [1.54, 1.807) is 0 Å². The highest BCUT2D eigenvalue weighted by atomic mass is 16.3. The molecule has 0 aliphatic heterocycles. The Bertz CT molecular complexity index is 3170. The molecule has 0 unspecified atom stereocenters. The second-order valence-electron chi connectivity index (χ2n) is 14.0. The number of benzene rings is 10. The van der Waals surface area contributed by atoms with Crippen molar-refractivity contribution < 1.29 is 4.42 Å². The van der Waals surface area contributed by atoms with Gasteiger partial charge in [-0.3, -0.25) is 0 Å². The molecule has 0 saturated carbocycles. The smallest absolute Gasteiger partial charge is 0.135 e. The zero-order valence-electron chi connectivity index (χ0n) is 28.9. The third-order valence-corrected chi connectivity index (χ3v) is 11.1. The molecule has 0 N–H and O–H groups in total. The van der Waals surface area contributed by atoms with E-state index >= 15 is 0 Å². The molecule has 0 amide bonds. The molecule has 246 valence electrons. The van der Waals surface area contributed by atoms with E-state index in [0.29, 0.717) is 0 Å². The fraction of sp³-hybridized carbons (Fsp3) is 0. The quantitative estimate of drug-likeness (QED) is 0.170. The summed E-state index contributed by atoms with van der Waals surface area (Å²) in [4.78, 5) is 0. The van der Waals surface area contributed by atoms with Crippen LogP contribution < -0.4 is 0 Å². The van der Waals surface area contributed by atoms with Crippen molar-refractivity contribution in [3.05, 3.63) is 194 Å². The summed E-state index contributed by atoms with van der Waals surface area (Å²) < 4.78 is 6.26. The summed E-state index contributed by atoms with van der Waals surface area (Å²) in [5.74, 6) is 0. The van der Waals surface area contributed by atoms with Crippen molar-refractivity contribution in [3.63, 3.8) is 0 Å². The summed E-state index contributed by atoms with van der Waals surface area (Å²) in [6.07, 6.45) is 0. The molecule has 0 saturated heterocycles. The molecule has 1 heteroatoms. The first-order chi connectivity index (χ1) is 26.3. The molecule has 1 heterocycles. The van der Waals surface area contributed by atoms with Gasteiger partial charge < -0.3 is 4.42 Å². The van der Waals surface area contributed by atoms with E-state index in [9.17, 15) is 0 Å². The highest BCUT2D eigenvalue weighted by Crippen LogP contribution is 2.50. The van der Waals surface area contributed by atoms with Crippen LogP contribution in [-0.2, 0) is 0 Å². The molecular weight excluding hydrogens is 641 g/mol. The lowest BCUT2D eigenvalue weighted by Gasteiger charge is -2.23. The van der Waals surface area contributed by atoms with Crippen molar-refractivity contribution in [1.29, 1.82) is 0 Å². The first-order valence-electron chi connectivity index (χ1n) is 18.3. The van der Waals surface area contributed by atoms with Crippen LogP contribution in [0.5, 0.6) is 0 Å². The fourth-order valence-electron chi connectivity index (χ4n) is 8.69. The number of rotatable bonds is 4. The predicted octanol–water partition coefficient (Wildman–Crippen LogP) is 14.9. The Balaban J connectivity index is 1.28. The summed E-state index contributed by atoms with van der Waals surface area (Å²) in [7, 11) is 0. The SMILES string of the molecule is c1cc(-c2ccc3ccccc3c2)c(-c2c3ccccc3c(-c3ccc4oc5ccccc5c4c3)c3ccccc23)c(-c2cccc3ccccc23)c1. The van der Waals surface area contributed by atoms with Crippen LogP contribution in [0.1, 0.15) is 0 Å². The normalized spacial score (nSPS) is 11.8. The van der Waals surface area contributed by atoms with Gasteiger partial charge in [0.05, 0.1) is 0 Å². The van der Waals surface area contributed by atoms with E-state index in [1.165, 1.54) is 87.6 Å². The number of para-hydroxylation sites is 1. The summed E-state index contributed by atoms with van der Waals surface area (Å²) >= 11 is 0. The second-order valence-corrected chi connectivity index (χ2v) is 14.0. The predicted molar refractivity (Wildman–Crippen MR) is 225 cm³/mol. The molecule has 0 aliphatic carbocycles. The molecule has 0 atom stereocenters. The number of hydrogen-bond donors (Lipinski definition) is 0. The van der Waals surface area contributed by atoms with Crippen LogP contribution in [0.4, 0.5) is 0 Å². The zero-order chi connectivity index (χ0) is 34.9. The van der Waals surface area contributed by atoms with Gasteiger partial charge in [0.1, 0.15) is 11.2 Å². The molecule has 1 aromatic heterocycles. The van der Waals surface area contributed by atoms with Crippen LogP contribution >= 0.6 is 0 Å². The van der Waals surface area contributed by atoms with E-state index < -0.39 is 0 Å². The molecule has 11 aromatic rings. The van der Waals surface area contributed by atoms with Crippen molar-refractivity contribution in [2.24, 2.45) is 0 Å². The summed E-state index contributed by atoms with van der Waals surface area (Å²) in [6.45, 7) is 0. The van der Waals surface area contributed by atoms with E-state index in [4.69, 9.17) is 4.42 Å². The van der Waals surface area contributed by atoms with Crippen molar-refractivity contribution in [3.8, 4) is 44.5 Å². The first kappa shape index (κ1) is 29.7. The Hall–Kier alpha value is -6.96. The molecular formula is C52H32O. The monoisotopic (exact) mass is 672 g/mol. The van der Waals surface area contributed by atoms with Crippen molar-refractivity contribution in [1.82, 2.24) is 0 Å².